The summed E-state index contributed by atoms with van der Waals surface area (Å²) in [7, 11) is 3.96. The van der Waals surface area contributed by atoms with Crippen LogP contribution in [0, 0.1) is 12.8 Å². The third kappa shape index (κ3) is 6.12. The molecule has 6 heteroatoms. The molecular weight excluding hydrogens is 440 g/mol. The van der Waals surface area contributed by atoms with Crippen LogP contribution in [-0.4, -0.2) is 60.4 Å². The van der Waals surface area contributed by atoms with E-state index < -0.39 is 17.7 Å². The lowest BCUT2D eigenvalue weighted by atomic mass is 9.94. The van der Waals surface area contributed by atoms with E-state index in [0.717, 1.165) is 36.3 Å². The van der Waals surface area contributed by atoms with Crippen LogP contribution in [0.1, 0.15) is 55.5 Å². The molecule has 1 aliphatic heterocycles. The molecule has 0 spiro atoms. The molecule has 188 valence electrons. The summed E-state index contributed by atoms with van der Waals surface area (Å²) in [5, 5.41) is 11.3. The van der Waals surface area contributed by atoms with Gasteiger partial charge < -0.3 is 19.6 Å². The molecule has 3 rings (SSSR count). The summed E-state index contributed by atoms with van der Waals surface area (Å²) in [5.74, 6) is -0.226. The van der Waals surface area contributed by atoms with Gasteiger partial charge in [-0.1, -0.05) is 45.0 Å². The Balaban J connectivity index is 2.04. The molecular formula is C29H38N2O4. The fourth-order valence-electron chi connectivity index (χ4n) is 4.32. The number of carbonyl (C=O) groups excluding carboxylic acids is 2. The molecule has 0 radical (unpaired) electrons. The summed E-state index contributed by atoms with van der Waals surface area (Å²) in [5.41, 5.74) is 3.49. The molecule has 1 N–H and O–H groups in total. The highest BCUT2D eigenvalue weighted by Crippen LogP contribution is 2.40. The lowest BCUT2D eigenvalue weighted by Crippen LogP contribution is -2.32. The van der Waals surface area contributed by atoms with Crippen molar-refractivity contribution in [2.24, 2.45) is 5.92 Å². The number of benzene rings is 2. The summed E-state index contributed by atoms with van der Waals surface area (Å²) >= 11 is 0. The van der Waals surface area contributed by atoms with Crippen molar-refractivity contribution in [1.82, 2.24) is 9.80 Å². The first-order valence-corrected chi connectivity index (χ1v) is 12.4. The number of aliphatic hydroxyl groups is 1. The largest absolute Gasteiger partial charge is 0.507 e. The molecule has 0 bridgehead atoms. The molecule has 1 saturated heterocycles. The van der Waals surface area contributed by atoms with Crippen LogP contribution in [0.25, 0.3) is 5.76 Å². The first-order chi connectivity index (χ1) is 16.6. The number of ketones is 1. The minimum atomic E-state index is -0.644. The van der Waals surface area contributed by atoms with Gasteiger partial charge in [-0.3, -0.25) is 9.59 Å². The average Bonchev–Trinajstić information content (AvgIpc) is 3.07. The number of amides is 1. The van der Waals surface area contributed by atoms with Crippen molar-refractivity contribution >= 4 is 17.4 Å². The van der Waals surface area contributed by atoms with E-state index in [1.807, 2.05) is 62.3 Å². The molecule has 0 saturated carbocycles. The molecule has 0 aromatic heterocycles. The molecule has 0 unspecified atom stereocenters. The minimum Gasteiger partial charge on any atom is -0.507 e. The Morgan fingerprint density at radius 2 is 1.80 bits per heavy atom. The molecule has 0 aliphatic carbocycles. The standard InChI is InChI=1S/C29H38N2O4/c1-7-21-9-11-22(12-10-21)26-25(28(33)29(34)31(26)16-8-15-30(5)6)27(32)23-13-14-24(20(4)17-23)35-18-19(2)3/h9-14,17,19,26,32H,7-8,15-16,18H2,1-6H3/t26-/m1/s1. The SMILES string of the molecule is CCc1ccc([C@@H]2C(=C(O)c3ccc(OCC(C)C)c(C)c3)C(=O)C(=O)N2CCCN(C)C)cc1. The number of aliphatic hydroxyl groups excluding tert-OH is 1. The van der Waals surface area contributed by atoms with E-state index in [4.69, 9.17) is 4.74 Å². The first kappa shape index (κ1) is 26.5. The van der Waals surface area contributed by atoms with Crippen molar-refractivity contribution in [3.63, 3.8) is 0 Å². The van der Waals surface area contributed by atoms with Crippen LogP contribution in [0.4, 0.5) is 0 Å². The van der Waals surface area contributed by atoms with E-state index >= 15 is 0 Å². The van der Waals surface area contributed by atoms with Gasteiger partial charge in [0.2, 0.25) is 0 Å². The van der Waals surface area contributed by atoms with Gasteiger partial charge in [0.15, 0.2) is 0 Å². The Morgan fingerprint density at radius 1 is 1.11 bits per heavy atom. The Hall–Kier alpha value is -3.12. The van der Waals surface area contributed by atoms with Crippen molar-refractivity contribution in [2.75, 3.05) is 33.8 Å². The van der Waals surface area contributed by atoms with Gasteiger partial charge in [-0.15, -0.1) is 0 Å². The van der Waals surface area contributed by atoms with E-state index in [2.05, 4.69) is 20.8 Å². The molecule has 2 aromatic rings. The van der Waals surface area contributed by atoms with Crippen molar-refractivity contribution in [3.8, 4) is 5.75 Å². The predicted octanol–water partition coefficient (Wildman–Crippen LogP) is 4.97. The molecule has 1 heterocycles. The van der Waals surface area contributed by atoms with Gasteiger partial charge >= 0.3 is 0 Å². The van der Waals surface area contributed by atoms with Crippen LogP contribution in [0.5, 0.6) is 5.75 Å². The van der Waals surface area contributed by atoms with E-state index in [-0.39, 0.29) is 11.3 Å². The van der Waals surface area contributed by atoms with Crippen molar-refractivity contribution in [3.05, 3.63) is 70.3 Å². The quantitative estimate of drug-likeness (QED) is 0.297. The van der Waals surface area contributed by atoms with E-state index in [1.54, 1.807) is 11.0 Å². The zero-order valence-corrected chi connectivity index (χ0v) is 21.8. The number of nitrogens with zero attached hydrogens (tertiary/aromatic N) is 2. The smallest absolute Gasteiger partial charge is 0.295 e. The first-order valence-electron chi connectivity index (χ1n) is 12.4. The molecule has 35 heavy (non-hydrogen) atoms. The number of rotatable bonds is 10. The van der Waals surface area contributed by atoms with Gasteiger partial charge in [0, 0.05) is 12.1 Å². The van der Waals surface area contributed by atoms with Crippen LogP contribution in [-0.2, 0) is 16.0 Å². The maximum atomic E-state index is 13.2. The van der Waals surface area contributed by atoms with Crippen LogP contribution in [0.2, 0.25) is 0 Å². The van der Waals surface area contributed by atoms with E-state index in [0.29, 0.717) is 24.6 Å². The number of hydrogen-bond donors (Lipinski definition) is 1. The van der Waals surface area contributed by atoms with Crippen LogP contribution in [0.15, 0.2) is 48.0 Å². The van der Waals surface area contributed by atoms with Crippen LogP contribution < -0.4 is 4.74 Å². The number of Topliss-reactive ketones (excluding diaryl/α,β-unsaturated/α-hetero) is 1. The number of likely N-dealkylation sites (tertiary alicyclic amines) is 1. The summed E-state index contributed by atoms with van der Waals surface area (Å²) in [6.07, 6.45) is 1.62. The monoisotopic (exact) mass is 478 g/mol. The van der Waals surface area contributed by atoms with Gasteiger partial charge in [-0.2, -0.15) is 0 Å². The molecule has 6 nitrogen and oxygen atoms in total. The van der Waals surface area contributed by atoms with Gasteiger partial charge in [-0.05, 0) is 81.2 Å². The molecule has 1 fully saturated rings. The second kappa shape index (κ2) is 11.5. The highest BCUT2D eigenvalue weighted by Gasteiger charge is 2.45. The van der Waals surface area contributed by atoms with Crippen molar-refractivity contribution < 1.29 is 19.4 Å². The minimum absolute atomic E-state index is 0.138. The van der Waals surface area contributed by atoms with Crippen LogP contribution in [0.3, 0.4) is 0 Å². The van der Waals surface area contributed by atoms with Crippen LogP contribution >= 0.6 is 0 Å². The zero-order valence-electron chi connectivity index (χ0n) is 21.8. The third-order valence-corrected chi connectivity index (χ3v) is 6.27. The van der Waals surface area contributed by atoms with Gasteiger partial charge in [-0.25, -0.2) is 0 Å². The van der Waals surface area contributed by atoms with Crippen molar-refractivity contribution in [2.45, 2.75) is 46.6 Å². The zero-order chi connectivity index (χ0) is 25.7. The topological polar surface area (TPSA) is 70.1 Å². The Kier molecular flexibility index (Phi) is 8.73. The Bertz CT molecular complexity index is 1090. The number of aryl methyl sites for hydroxylation is 2. The maximum absolute atomic E-state index is 13.2. The fourth-order valence-corrected chi connectivity index (χ4v) is 4.32. The summed E-state index contributed by atoms with van der Waals surface area (Å²) in [6.45, 7) is 9.98. The maximum Gasteiger partial charge on any atom is 0.295 e. The van der Waals surface area contributed by atoms with E-state index in [1.165, 1.54) is 5.56 Å². The molecule has 1 aliphatic rings. The highest BCUT2D eigenvalue weighted by atomic mass is 16.5. The Morgan fingerprint density at radius 3 is 2.37 bits per heavy atom. The third-order valence-electron chi connectivity index (χ3n) is 6.27. The predicted molar refractivity (Wildman–Crippen MR) is 140 cm³/mol. The number of carbonyl (C=O) groups is 2. The second-order valence-electron chi connectivity index (χ2n) is 9.93. The summed E-state index contributed by atoms with van der Waals surface area (Å²) in [6, 6.07) is 12.7. The normalized spacial score (nSPS) is 17.6. The summed E-state index contributed by atoms with van der Waals surface area (Å²) in [4.78, 5) is 30.0. The number of hydrogen-bond acceptors (Lipinski definition) is 5. The Labute approximate surface area is 209 Å². The lowest BCUT2D eigenvalue weighted by Gasteiger charge is -2.26. The fraction of sp³-hybridized carbons (Fsp3) is 0.448. The van der Waals surface area contributed by atoms with Gasteiger partial charge in [0.05, 0.1) is 18.2 Å². The summed E-state index contributed by atoms with van der Waals surface area (Å²) < 4.78 is 5.86. The number of ether oxygens (including phenoxy) is 1. The average molecular weight is 479 g/mol. The molecule has 1 atom stereocenters. The lowest BCUT2D eigenvalue weighted by molar-refractivity contribution is -0.139. The van der Waals surface area contributed by atoms with Crippen molar-refractivity contribution in [1.29, 1.82) is 0 Å². The van der Waals surface area contributed by atoms with Gasteiger partial charge in [0.25, 0.3) is 11.7 Å². The second-order valence-corrected chi connectivity index (χ2v) is 9.93. The molecule has 2 aromatic carbocycles. The highest BCUT2D eigenvalue weighted by molar-refractivity contribution is 6.46. The molecule has 1 amide bonds. The van der Waals surface area contributed by atoms with Gasteiger partial charge in [0.1, 0.15) is 11.5 Å². The van der Waals surface area contributed by atoms with E-state index in [9.17, 15) is 14.7 Å².